The maximum atomic E-state index is 12.7. The van der Waals surface area contributed by atoms with Crippen LogP contribution in [0.2, 0.25) is 0 Å². The number of ether oxygens (including phenoxy) is 1. The van der Waals surface area contributed by atoms with Crippen molar-refractivity contribution >= 4 is 33.3 Å². The fourth-order valence-electron chi connectivity index (χ4n) is 2.72. The van der Waals surface area contributed by atoms with Crippen LogP contribution in [0, 0.1) is 0 Å². The summed E-state index contributed by atoms with van der Waals surface area (Å²) in [5.74, 6) is 0.564. The molecule has 5 nitrogen and oxygen atoms in total. The number of rotatable bonds is 4. The fourth-order valence-corrected chi connectivity index (χ4v) is 2.98. The molecular weight excluding hydrogens is 370 g/mol. The summed E-state index contributed by atoms with van der Waals surface area (Å²) in [5, 5.41) is 2.93. The molecule has 0 bridgehead atoms. The second-order valence-electron chi connectivity index (χ2n) is 5.68. The number of hydrogen-bond acceptors (Lipinski definition) is 4. The molecule has 1 saturated heterocycles. The van der Waals surface area contributed by atoms with E-state index >= 15 is 0 Å². The highest BCUT2D eigenvalue weighted by molar-refractivity contribution is 9.10. The Morgan fingerprint density at radius 2 is 2.17 bits per heavy atom. The van der Waals surface area contributed by atoms with Gasteiger partial charge >= 0.3 is 0 Å². The van der Waals surface area contributed by atoms with E-state index in [4.69, 9.17) is 4.74 Å². The molecule has 2 heterocycles. The molecule has 3 rings (SSSR count). The molecule has 24 heavy (non-hydrogen) atoms. The Morgan fingerprint density at radius 3 is 2.92 bits per heavy atom. The molecule has 2 aromatic rings. The van der Waals surface area contributed by atoms with Crippen LogP contribution in [0.4, 0.5) is 11.5 Å². The smallest absolute Gasteiger partial charge is 0.259 e. The topological polar surface area (TPSA) is 54.5 Å². The van der Waals surface area contributed by atoms with E-state index in [9.17, 15) is 4.79 Å². The summed E-state index contributed by atoms with van der Waals surface area (Å²) >= 11 is 3.39. The Hall–Kier alpha value is -1.92. The number of morpholine rings is 1. The molecule has 1 fully saturated rings. The van der Waals surface area contributed by atoms with Crippen LogP contribution in [0.25, 0.3) is 0 Å². The van der Waals surface area contributed by atoms with Gasteiger partial charge in [0.2, 0.25) is 0 Å². The van der Waals surface area contributed by atoms with Gasteiger partial charge in [0.25, 0.3) is 5.91 Å². The Labute approximate surface area is 150 Å². The monoisotopic (exact) mass is 389 g/mol. The minimum absolute atomic E-state index is 0.153. The number of amides is 1. The number of nitrogens with one attached hydrogen (secondary N) is 1. The molecule has 0 spiro atoms. The molecule has 6 heteroatoms. The van der Waals surface area contributed by atoms with Crippen molar-refractivity contribution in [2.75, 3.05) is 29.9 Å². The minimum atomic E-state index is -0.153. The first kappa shape index (κ1) is 16.9. The Morgan fingerprint density at radius 1 is 1.38 bits per heavy atom. The summed E-state index contributed by atoms with van der Waals surface area (Å²) in [6, 6.07) is 11.1. The van der Waals surface area contributed by atoms with Gasteiger partial charge in [-0.15, -0.1) is 0 Å². The van der Waals surface area contributed by atoms with Crippen molar-refractivity contribution in [2.24, 2.45) is 0 Å². The van der Waals surface area contributed by atoms with Gasteiger partial charge in [0.1, 0.15) is 5.82 Å². The molecule has 1 atom stereocenters. The van der Waals surface area contributed by atoms with Gasteiger partial charge in [-0.25, -0.2) is 4.98 Å². The average molecular weight is 390 g/mol. The van der Waals surface area contributed by atoms with Crippen molar-refractivity contribution in [1.29, 1.82) is 0 Å². The molecular formula is C18H20BrN3O2. The van der Waals surface area contributed by atoms with Crippen LogP contribution in [0.1, 0.15) is 23.7 Å². The van der Waals surface area contributed by atoms with E-state index in [2.05, 4.69) is 38.1 Å². The van der Waals surface area contributed by atoms with Gasteiger partial charge in [0, 0.05) is 29.4 Å². The number of nitrogens with zero attached hydrogens (tertiary/aromatic N) is 2. The lowest BCUT2D eigenvalue weighted by Crippen LogP contribution is -2.43. The van der Waals surface area contributed by atoms with Crippen LogP contribution >= 0.6 is 15.9 Å². The van der Waals surface area contributed by atoms with Gasteiger partial charge in [-0.05, 0) is 42.8 Å². The van der Waals surface area contributed by atoms with E-state index in [-0.39, 0.29) is 12.0 Å². The van der Waals surface area contributed by atoms with Crippen molar-refractivity contribution in [2.45, 2.75) is 19.4 Å². The lowest BCUT2D eigenvalue weighted by molar-refractivity contribution is 0.0381. The lowest BCUT2D eigenvalue weighted by atomic mass is 10.1. The van der Waals surface area contributed by atoms with Crippen LogP contribution in [0.3, 0.4) is 0 Å². The Kier molecular flexibility index (Phi) is 5.48. The van der Waals surface area contributed by atoms with Crippen molar-refractivity contribution in [3.05, 3.63) is 52.6 Å². The normalized spacial score (nSPS) is 17.6. The molecule has 0 saturated carbocycles. The van der Waals surface area contributed by atoms with Crippen LogP contribution in [0.15, 0.2) is 47.1 Å². The summed E-state index contributed by atoms with van der Waals surface area (Å²) < 4.78 is 6.69. The van der Waals surface area contributed by atoms with Crippen molar-refractivity contribution < 1.29 is 9.53 Å². The van der Waals surface area contributed by atoms with E-state index < -0.39 is 0 Å². The number of hydrogen-bond donors (Lipinski definition) is 1. The number of benzene rings is 1. The summed E-state index contributed by atoms with van der Waals surface area (Å²) in [7, 11) is 0. The zero-order valence-corrected chi connectivity index (χ0v) is 15.1. The summed E-state index contributed by atoms with van der Waals surface area (Å²) in [6.45, 7) is 4.26. The van der Waals surface area contributed by atoms with Gasteiger partial charge < -0.3 is 15.0 Å². The van der Waals surface area contributed by atoms with Crippen molar-refractivity contribution in [3.63, 3.8) is 0 Å². The standard InChI is InChI=1S/C18H20BrN3O2/c1-2-15-12-22(10-11-24-15)17-16(4-3-9-20-17)18(23)21-14-7-5-13(19)6-8-14/h3-9,15H,2,10-12H2,1H3,(H,21,23)/t15-/m0/s1. The van der Waals surface area contributed by atoms with E-state index in [1.165, 1.54) is 0 Å². The van der Waals surface area contributed by atoms with E-state index in [0.717, 1.165) is 29.7 Å². The van der Waals surface area contributed by atoms with Crippen LogP contribution in [-0.4, -0.2) is 36.7 Å². The molecule has 126 valence electrons. The first-order chi connectivity index (χ1) is 11.7. The Bertz CT molecular complexity index is 706. The lowest BCUT2D eigenvalue weighted by Gasteiger charge is -2.34. The predicted octanol–water partition coefficient (Wildman–Crippen LogP) is 3.71. The molecule has 1 aromatic heterocycles. The average Bonchev–Trinajstić information content (AvgIpc) is 2.63. The fraction of sp³-hybridized carbons (Fsp3) is 0.333. The molecule has 0 unspecified atom stereocenters. The van der Waals surface area contributed by atoms with E-state index in [1.807, 2.05) is 30.3 Å². The largest absolute Gasteiger partial charge is 0.375 e. The molecule has 1 aromatic carbocycles. The summed E-state index contributed by atoms with van der Waals surface area (Å²) in [5.41, 5.74) is 1.34. The highest BCUT2D eigenvalue weighted by Crippen LogP contribution is 2.22. The maximum absolute atomic E-state index is 12.7. The summed E-state index contributed by atoms with van der Waals surface area (Å²) in [4.78, 5) is 19.3. The third-order valence-electron chi connectivity index (χ3n) is 4.03. The van der Waals surface area contributed by atoms with E-state index in [0.29, 0.717) is 18.0 Å². The van der Waals surface area contributed by atoms with Crippen molar-refractivity contribution in [1.82, 2.24) is 4.98 Å². The number of pyridine rings is 1. The van der Waals surface area contributed by atoms with Crippen molar-refractivity contribution in [3.8, 4) is 0 Å². The molecule has 1 aliphatic rings. The zero-order valence-electron chi connectivity index (χ0n) is 13.5. The van der Waals surface area contributed by atoms with Crippen LogP contribution in [0.5, 0.6) is 0 Å². The molecule has 0 radical (unpaired) electrons. The Balaban J connectivity index is 1.80. The molecule has 1 aliphatic heterocycles. The van der Waals surface area contributed by atoms with Gasteiger partial charge in [-0.1, -0.05) is 22.9 Å². The van der Waals surface area contributed by atoms with Gasteiger partial charge in [-0.2, -0.15) is 0 Å². The predicted molar refractivity (Wildman–Crippen MR) is 98.6 cm³/mol. The van der Waals surface area contributed by atoms with E-state index in [1.54, 1.807) is 12.3 Å². The highest BCUT2D eigenvalue weighted by Gasteiger charge is 2.24. The first-order valence-corrected chi connectivity index (χ1v) is 8.85. The SMILES string of the molecule is CC[C@H]1CN(c2ncccc2C(=O)Nc2ccc(Br)cc2)CCO1. The highest BCUT2D eigenvalue weighted by atomic mass is 79.9. The second-order valence-corrected chi connectivity index (χ2v) is 6.60. The first-order valence-electron chi connectivity index (χ1n) is 8.06. The summed E-state index contributed by atoms with van der Waals surface area (Å²) in [6.07, 6.45) is 2.86. The number of anilines is 2. The quantitative estimate of drug-likeness (QED) is 0.865. The van der Waals surface area contributed by atoms with Gasteiger partial charge in [0.15, 0.2) is 0 Å². The molecule has 1 N–H and O–H groups in total. The number of carbonyl (C=O) groups is 1. The van der Waals surface area contributed by atoms with Gasteiger partial charge in [-0.3, -0.25) is 4.79 Å². The number of aromatic nitrogens is 1. The zero-order chi connectivity index (χ0) is 16.9. The number of carbonyl (C=O) groups excluding carboxylic acids is 1. The number of halogens is 1. The molecule has 0 aliphatic carbocycles. The minimum Gasteiger partial charge on any atom is -0.375 e. The molecule has 1 amide bonds. The van der Waals surface area contributed by atoms with Crippen LogP contribution in [-0.2, 0) is 4.74 Å². The second kappa shape index (κ2) is 7.77. The third kappa shape index (κ3) is 3.94. The van der Waals surface area contributed by atoms with Gasteiger partial charge in [0.05, 0.1) is 18.3 Å². The maximum Gasteiger partial charge on any atom is 0.259 e. The van der Waals surface area contributed by atoms with Crippen LogP contribution < -0.4 is 10.2 Å². The third-order valence-corrected chi connectivity index (χ3v) is 4.56.